The maximum atomic E-state index is 12.3. The number of nitrogens with one attached hydrogen (secondary N) is 1. The topological polar surface area (TPSA) is 52.6 Å². The van der Waals surface area contributed by atoms with Crippen molar-refractivity contribution in [3.05, 3.63) is 35.9 Å². The van der Waals surface area contributed by atoms with Crippen molar-refractivity contribution in [2.24, 2.45) is 5.92 Å². The lowest BCUT2D eigenvalue weighted by molar-refractivity contribution is -0.123. The van der Waals surface area contributed by atoms with Gasteiger partial charge in [-0.3, -0.25) is 9.69 Å². The van der Waals surface area contributed by atoms with Crippen LogP contribution in [0, 0.1) is 5.92 Å². The van der Waals surface area contributed by atoms with Crippen LogP contribution in [0.2, 0.25) is 0 Å². The van der Waals surface area contributed by atoms with Gasteiger partial charge in [0.1, 0.15) is 0 Å². The van der Waals surface area contributed by atoms with Crippen LogP contribution in [-0.2, 0) is 4.79 Å². The van der Waals surface area contributed by atoms with Crippen LogP contribution >= 0.6 is 0 Å². The lowest BCUT2D eigenvalue weighted by Gasteiger charge is -2.30. The molecule has 0 bridgehead atoms. The normalized spacial score (nSPS) is 18.7. The number of carbonyl (C=O) groups excluding carboxylic acids is 1. The number of likely N-dealkylation sites (tertiary alicyclic amines) is 1. The van der Waals surface area contributed by atoms with Gasteiger partial charge in [0.15, 0.2) is 0 Å². The average Bonchev–Trinajstić information content (AvgIpc) is 2.48. The van der Waals surface area contributed by atoms with Crippen molar-refractivity contribution in [3.63, 3.8) is 0 Å². The van der Waals surface area contributed by atoms with Crippen molar-refractivity contribution in [1.29, 1.82) is 0 Å². The molecule has 4 nitrogen and oxygen atoms in total. The van der Waals surface area contributed by atoms with Gasteiger partial charge in [-0.25, -0.2) is 0 Å². The third-order valence-corrected chi connectivity index (χ3v) is 4.07. The molecule has 21 heavy (non-hydrogen) atoms. The first-order chi connectivity index (χ1) is 10.1. The van der Waals surface area contributed by atoms with E-state index in [1.807, 2.05) is 18.2 Å². The lowest BCUT2D eigenvalue weighted by atomic mass is 9.96. The van der Waals surface area contributed by atoms with Gasteiger partial charge >= 0.3 is 0 Å². The third-order valence-electron chi connectivity index (χ3n) is 4.07. The summed E-state index contributed by atoms with van der Waals surface area (Å²) in [5, 5.41) is 12.6. The van der Waals surface area contributed by atoms with Crippen LogP contribution in [-0.4, -0.2) is 41.7 Å². The summed E-state index contributed by atoms with van der Waals surface area (Å²) in [5.41, 5.74) is 1.15. The van der Waals surface area contributed by atoms with Gasteiger partial charge in [-0.2, -0.15) is 0 Å². The van der Waals surface area contributed by atoms with Gasteiger partial charge < -0.3 is 10.4 Å². The molecule has 1 saturated heterocycles. The zero-order valence-electron chi connectivity index (χ0n) is 13.0. The fourth-order valence-electron chi connectivity index (χ4n) is 2.79. The summed E-state index contributed by atoms with van der Waals surface area (Å²) >= 11 is 0. The second-order valence-corrected chi connectivity index (χ2v) is 6.21. The van der Waals surface area contributed by atoms with Crippen LogP contribution in [0.15, 0.2) is 30.3 Å². The van der Waals surface area contributed by atoms with E-state index in [1.165, 1.54) is 0 Å². The number of rotatable bonds is 5. The zero-order valence-corrected chi connectivity index (χ0v) is 13.0. The number of amides is 1. The fraction of sp³-hybridized carbons (Fsp3) is 0.588. The molecule has 1 unspecified atom stereocenters. The summed E-state index contributed by atoms with van der Waals surface area (Å²) in [5.74, 6) is 0.411. The number of benzene rings is 1. The van der Waals surface area contributed by atoms with Crippen molar-refractivity contribution in [3.8, 4) is 0 Å². The Morgan fingerprint density at radius 3 is 2.48 bits per heavy atom. The summed E-state index contributed by atoms with van der Waals surface area (Å²) in [6, 6.07) is 10.2. The Morgan fingerprint density at radius 1 is 1.29 bits per heavy atom. The molecule has 1 aliphatic rings. The van der Waals surface area contributed by atoms with E-state index in [-0.39, 0.29) is 18.1 Å². The molecule has 1 atom stereocenters. The molecule has 4 heteroatoms. The average molecular weight is 290 g/mol. The van der Waals surface area contributed by atoms with Gasteiger partial charge in [0.2, 0.25) is 5.91 Å². The Kier molecular flexibility index (Phi) is 5.76. The van der Waals surface area contributed by atoms with Gasteiger partial charge in [-0.1, -0.05) is 44.2 Å². The minimum atomic E-state index is -0.197. The van der Waals surface area contributed by atoms with Crippen LogP contribution in [0.4, 0.5) is 0 Å². The first-order valence-corrected chi connectivity index (χ1v) is 7.81. The van der Waals surface area contributed by atoms with E-state index in [0.717, 1.165) is 31.5 Å². The van der Waals surface area contributed by atoms with E-state index in [4.69, 9.17) is 0 Å². The van der Waals surface area contributed by atoms with Crippen molar-refractivity contribution >= 4 is 5.91 Å². The highest BCUT2D eigenvalue weighted by Gasteiger charge is 2.22. The van der Waals surface area contributed by atoms with Crippen LogP contribution in [0.5, 0.6) is 0 Å². The van der Waals surface area contributed by atoms with Gasteiger partial charge in [-0.05, 0) is 24.3 Å². The van der Waals surface area contributed by atoms with Crippen molar-refractivity contribution in [2.75, 3.05) is 19.6 Å². The number of hydrogen-bond donors (Lipinski definition) is 2. The maximum absolute atomic E-state index is 12.3. The predicted octanol–water partition coefficient (Wildman–Crippen LogP) is 1.96. The summed E-state index contributed by atoms with van der Waals surface area (Å²) in [6.45, 7) is 6.26. The molecule has 0 aromatic heterocycles. The molecule has 1 aromatic rings. The predicted molar refractivity (Wildman–Crippen MR) is 83.8 cm³/mol. The van der Waals surface area contributed by atoms with Crippen molar-refractivity contribution < 1.29 is 9.90 Å². The monoisotopic (exact) mass is 290 g/mol. The van der Waals surface area contributed by atoms with Crippen LogP contribution in [0.3, 0.4) is 0 Å². The smallest absolute Gasteiger partial charge is 0.234 e. The molecule has 1 aromatic carbocycles. The highest BCUT2D eigenvalue weighted by atomic mass is 16.3. The third kappa shape index (κ3) is 4.83. The van der Waals surface area contributed by atoms with Gasteiger partial charge in [0.05, 0.1) is 18.7 Å². The lowest BCUT2D eigenvalue weighted by Crippen LogP contribution is -2.44. The molecule has 1 amide bonds. The first-order valence-electron chi connectivity index (χ1n) is 7.81. The Morgan fingerprint density at radius 2 is 1.90 bits per heavy atom. The fourth-order valence-corrected chi connectivity index (χ4v) is 2.79. The largest absolute Gasteiger partial charge is 0.393 e. The quantitative estimate of drug-likeness (QED) is 0.871. The molecule has 116 valence electrons. The molecule has 1 fully saturated rings. The van der Waals surface area contributed by atoms with E-state index >= 15 is 0 Å². The van der Waals surface area contributed by atoms with Crippen LogP contribution in [0.1, 0.15) is 38.3 Å². The second kappa shape index (κ2) is 7.57. The van der Waals surface area contributed by atoms with Gasteiger partial charge in [-0.15, -0.1) is 0 Å². The van der Waals surface area contributed by atoms with Gasteiger partial charge in [0.25, 0.3) is 0 Å². The highest BCUT2D eigenvalue weighted by molar-refractivity contribution is 5.78. The van der Waals surface area contributed by atoms with Crippen LogP contribution < -0.4 is 5.32 Å². The Bertz CT molecular complexity index is 439. The number of piperidine rings is 1. The van der Waals surface area contributed by atoms with E-state index < -0.39 is 0 Å². The van der Waals surface area contributed by atoms with E-state index in [0.29, 0.717) is 12.5 Å². The zero-order chi connectivity index (χ0) is 15.2. The van der Waals surface area contributed by atoms with Gasteiger partial charge in [0, 0.05) is 13.1 Å². The van der Waals surface area contributed by atoms with E-state index in [1.54, 1.807) is 0 Å². The molecule has 2 N–H and O–H groups in total. The number of carbonyl (C=O) groups is 1. The summed E-state index contributed by atoms with van der Waals surface area (Å²) in [7, 11) is 0. The standard InChI is InChI=1S/C17H26N2O2/c1-13(2)17(14-6-4-3-5-7-14)18-16(21)12-19-10-8-15(20)9-11-19/h3-7,13,15,17,20H,8-12H2,1-2H3,(H,18,21). The minimum absolute atomic E-state index is 0.0501. The molecule has 2 rings (SSSR count). The Balaban J connectivity index is 1.90. The summed E-state index contributed by atoms with van der Waals surface area (Å²) in [4.78, 5) is 14.4. The SMILES string of the molecule is CC(C)C(NC(=O)CN1CCC(O)CC1)c1ccccc1. The molecule has 0 radical (unpaired) electrons. The van der Waals surface area contributed by atoms with Crippen molar-refractivity contribution in [1.82, 2.24) is 10.2 Å². The number of aliphatic hydroxyl groups is 1. The molecule has 0 saturated carbocycles. The molecule has 0 spiro atoms. The molecular weight excluding hydrogens is 264 g/mol. The summed E-state index contributed by atoms with van der Waals surface area (Å²) < 4.78 is 0. The van der Waals surface area contributed by atoms with Crippen molar-refractivity contribution in [2.45, 2.75) is 38.8 Å². The number of nitrogens with zero attached hydrogens (tertiary/aromatic N) is 1. The highest BCUT2D eigenvalue weighted by Crippen LogP contribution is 2.21. The van der Waals surface area contributed by atoms with Crippen LogP contribution in [0.25, 0.3) is 0 Å². The Labute approximate surface area is 127 Å². The minimum Gasteiger partial charge on any atom is -0.393 e. The van der Waals surface area contributed by atoms with E-state index in [9.17, 15) is 9.90 Å². The maximum Gasteiger partial charge on any atom is 0.234 e. The number of aliphatic hydroxyl groups excluding tert-OH is 1. The summed E-state index contributed by atoms with van der Waals surface area (Å²) in [6.07, 6.45) is 1.33. The second-order valence-electron chi connectivity index (χ2n) is 6.21. The molecule has 1 heterocycles. The Hall–Kier alpha value is -1.39. The molecule has 1 aliphatic heterocycles. The molecular formula is C17H26N2O2. The molecule has 0 aliphatic carbocycles. The first kappa shape index (κ1) is 16.0. The number of hydrogen-bond acceptors (Lipinski definition) is 3. The van der Waals surface area contributed by atoms with E-state index in [2.05, 4.69) is 36.2 Å².